The molecule has 1 N–H and O–H groups in total. The van der Waals surface area contributed by atoms with E-state index in [9.17, 15) is 14.4 Å². The molecule has 2 saturated heterocycles. The van der Waals surface area contributed by atoms with Crippen LogP contribution in [-0.2, 0) is 16.1 Å². The quantitative estimate of drug-likeness (QED) is 0.167. The van der Waals surface area contributed by atoms with Crippen LogP contribution in [0.25, 0.3) is 11.1 Å². The van der Waals surface area contributed by atoms with Crippen molar-refractivity contribution in [3.63, 3.8) is 0 Å². The van der Waals surface area contributed by atoms with E-state index in [0.29, 0.717) is 12.1 Å². The molecule has 0 spiro atoms. The van der Waals surface area contributed by atoms with Crippen molar-refractivity contribution in [2.75, 3.05) is 64.0 Å². The Kier molecular flexibility index (Phi) is 13.2. The molecule has 9 nitrogen and oxygen atoms in total. The number of nitrogens with zero attached hydrogens (tertiary/aromatic N) is 4. The monoisotopic (exact) mass is 652 g/mol. The lowest BCUT2D eigenvalue weighted by Gasteiger charge is -2.37. The zero-order valence-electron chi connectivity index (χ0n) is 28.5. The molecule has 255 valence electrons. The van der Waals surface area contributed by atoms with Crippen molar-refractivity contribution in [1.82, 2.24) is 20.1 Å². The zero-order valence-corrected chi connectivity index (χ0v) is 28.5. The van der Waals surface area contributed by atoms with Gasteiger partial charge in [0.05, 0.1) is 18.2 Å². The average molecular weight is 653 g/mol. The first-order chi connectivity index (χ1) is 23.5. The highest BCUT2D eigenvalue weighted by atomic mass is 16.6. The normalized spacial score (nSPS) is 17.1. The Hall–Kier alpha value is -4.05. The van der Waals surface area contributed by atoms with E-state index in [1.807, 2.05) is 97.6 Å². The minimum Gasteiger partial charge on any atom is -0.447 e. The summed E-state index contributed by atoms with van der Waals surface area (Å²) in [6.45, 7) is 10.2. The Balaban J connectivity index is 1.10. The maximum absolute atomic E-state index is 13.6. The topological polar surface area (TPSA) is 85.4 Å². The Bertz CT molecular complexity index is 1470. The number of piperidine rings is 2. The number of carbonyl (C=O) groups is 3. The van der Waals surface area contributed by atoms with Gasteiger partial charge in [-0.1, -0.05) is 72.8 Å². The van der Waals surface area contributed by atoms with Gasteiger partial charge in [0.2, 0.25) is 5.91 Å². The summed E-state index contributed by atoms with van der Waals surface area (Å²) in [6.07, 6.45) is 5.59. The number of ketones is 1. The Morgan fingerprint density at radius 2 is 1.58 bits per heavy atom. The van der Waals surface area contributed by atoms with Crippen molar-refractivity contribution < 1.29 is 19.1 Å². The first-order valence-corrected chi connectivity index (χ1v) is 17.5. The lowest BCUT2D eigenvalue weighted by atomic mass is 9.96. The second-order valence-electron chi connectivity index (χ2n) is 12.5. The Labute approximate surface area is 285 Å². The minimum atomic E-state index is -0.429. The number of hydrogen-bond donors (Lipinski definition) is 1. The first-order valence-electron chi connectivity index (χ1n) is 17.5. The van der Waals surface area contributed by atoms with Gasteiger partial charge in [0.1, 0.15) is 6.61 Å². The molecule has 9 heteroatoms. The standard InChI is InChI=1S/C39H50N5O4/c1-3-42(4-2)38(46)34-16-13-24-41(30-34)29-31-19-21-33(22-20-31)37(45)28-40-23-27-48-39(47)44(43-25-11-6-12-26-43)36-18-10-9-17-35(36)32-14-7-5-8-15-32/h5-10,14-15,17-22,34,40H,3-4,11-13,16,23-30H2,1-2H3/t34-/m0/s1. The maximum atomic E-state index is 13.6. The molecule has 0 bridgehead atoms. The largest absolute Gasteiger partial charge is 0.447 e. The average Bonchev–Trinajstić information content (AvgIpc) is 3.13. The summed E-state index contributed by atoms with van der Waals surface area (Å²) in [5.74, 6) is 0.305. The second kappa shape index (κ2) is 17.9. The molecule has 3 aromatic carbocycles. The molecule has 2 amide bonds. The van der Waals surface area contributed by atoms with Gasteiger partial charge in [-0.25, -0.2) is 14.8 Å². The molecule has 48 heavy (non-hydrogen) atoms. The zero-order chi connectivity index (χ0) is 33.7. The molecule has 1 atom stereocenters. The summed E-state index contributed by atoms with van der Waals surface area (Å²) in [5.41, 5.74) is 4.56. The first kappa shape index (κ1) is 35.3. The highest BCUT2D eigenvalue weighted by Gasteiger charge is 2.29. The fourth-order valence-corrected chi connectivity index (χ4v) is 6.65. The van der Waals surface area contributed by atoms with Gasteiger partial charge in [-0.05, 0) is 69.7 Å². The highest BCUT2D eigenvalue weighted by molar-refractivity contribution is 5.97. The molecule has 3 aromatic rings. The summed E-state index contributed by atoms with van der Waals surface area (Å²) in [7, 11) is 0. The smallest absolute Gasteiger partial charge is 0.429 e. The number of Topliss-reactive ketones (excluding diaryl/α,β-unsaturated/α-hetero) is 1. The SMILES string of the molecule is CCN(CC)C(=O)[C@H]1CCCN(Cc2ccc(C(=O)CNCCOC(=O)N(c3ccccc3-c3ccccc3)N3CC[CH]CC3)cc2)C1. The summed E-state index contributed by atoms with van der Waals surface area (Å²) in [6, 6.07) is 25.7. The van der Waals surface area contributed by atoms with E-state index in [4.69, 9.17) is 4.74 Å². The van der Waals surface area contributed by atoms with Crippen LogP contribution in [0, 0.1) is 12.3 Å². The Morgan fingerprint density at radius 1 is 0.875 bits per heavy atom. The number of benzene rings is 3. The number of nitrogens with one attached hydrogen (secondary N) is 1. The molecule has 2 aliphatic rings. The van der Waals surface area contributed by atoms with Gasteiger partial charge in [-0.2, -0.15) is 0 Å². The van der Waals surface area contributed by atoms with E-state index in [1.54, 1.807) is 5.01 Å². The summed E-state index contributed by atoms with van der Waals surface area (Å²) in [4.78, 5) is 43.6. The number of hydrogen-bond acceptors (Lipinski definition) is 7. The van der Waals surface area contributed by atoms with Crippen LogP contribution in [0.3, 0.4) is 0 Å². The van der Waals surface area contributed by atoms with Crippen LogP contribution in [0.5, 0.6) is 0 Å². The van der Waals surface area contributed by atoms with Gasteiger partial charge in [0.25, 0.3) is 0 Å². The molecule has 0 aliphatic carbocycles. The lowest BCUT2D eigenvalue weighted by Crippen LogP contribution is -2.50. The van der Waals surface area contributed by atoms with E-state index >= 15 is 0 Å². The van der Waals surface area contributed by atoms with Crippen LogP contribution in [0.2, 0.25) is 0 Å². The fourth-order valence-electron chi connectivity index (χ4n) is 6.65. The van der Waals surface area contributed by atoms with Gasteiger partial charge in [-0.3, -0.25) is 14.5 Å². The van der Waals surface area contributed by atoms with Crippen LogP contribution < -0.4 is 10.3 Å². The molecule has 0 unspecified atom stereocenters. The van der Waals surface area contributed by atoms with Crippen molar-refractivity contribution in [2.45, 2.75) is 46.1 Å². The van der Waals surface area contributed by atoms with Gasteiger partial charge >= 0.3 is 6.09 Å². The molecule has 1 radical (unpaired) electrons. The summed E-state index contributed by atoms with van der Waals surface area (Å²) < 4.78 is 5.76. The third-order valence-electron chi connectivity index (χ3n) is 9.26. The number of likely N-dealkylation sites (tertiary alicyclic amines) is 1. The molecule has 5 rings (SSSR count). The molecular weight excluding hydrogens is 602 g/mol. The molecule has 2 aliphatic heterocycles. The van der Waals surface area contributed by atoms with Gasteiger partial charge < -0.3 is 15.0 Å². The van der Waals surface area contributed by atoms with Gasteiger partial charge in [-0.15, -0.1) is 0 Å². The Morgan fingerprint density at radius 3 is 2.31 bits per heavy atom. The van der Waals surface area contributed by atoms with Gasteiger partial charge in [0.15, 0.2) is 5.78 Å². The van der Waals surface area contributed by atoms with Crippen LogP contribution in [0.4, 0.5) is 10.5 Å². The summed E-state index contributed by atoms with van der Waals surface area (Å²) >= 11 is 0. The van der Waals surface area contributed by atoms with Crippen molar-refractivity contribution in [1.29, 1.82) is 0 Å². The molecule has 2 heterocycles. The number of hydrazine groups is 1. The van der Waals surface area contributed by atoms with E-state index in [-0.39, 0.29) is 30.8 Å². The van der Waals surface area contributed by atoms with E-state index in [2.05, 4.69) is 21.6 Å². The molecular formula is C39H50N5O4. The van der Waals surface area contributed by atoms with Crippen molar-refractivity contribution in [3.05, 3.63) is 96.4 Å². The van der Waals surface area contributed by atoms with E-state index in [1.165, 1.54) is 0 Å². The van der Waals surface area contributed by atoms with Crippen LogP contribution in [-0.4, -0.2) is 91.6 Å². The van der Waals surface area contributed by atoms with Gasteiger partial charge in [0, 0.05) is 56.9 Å². The molecule has 2 fully saturated rings. The van der Waals surface area contributed by atoms with Crippen molar-refractivity contribution in [2.24, 2.45) is 5.92 Å². The van der Waals surface area contributed by atoms with E-state index < -0.39 is 6.09 Å². The van der Waals surface area contributed by atoms with Crippen molar-refractivity contribution in [3.8, 4) is 11.1 Å². The van der Waals surface area contributed by atoms with Crippen LogP contribution >= 0.6 is 0 Å². The fraction of sp³-hybridized carbons (Fsp3) is 0.436. The minimum absolute atomic E-state index is 0.0151. The third-order valence-corrected chi connectivity index (χ3v) is 9.26. The van der Waals surface area contributed by atoms with Crippen molar-refractivity contribution >= 4 is 23.5 Å². The number of amides is 2. The van der Waals surface area contributed by atoms with E-state index in [0.717, 1.165) is 93.9 Å². The lowest BCUT2D eigenvalue weighted by molar-refractivity contribution is -0.137. The number of carbonyl (C=O) groups excluding carboxylic acids is 3. The summed E-state index contributed by atoms with van der Waals surface area (Å²) in [5, 5.41) is 6.87. The number of para-hydroxylation sites is 1. The second-order valence-corrected chi connectivity index (χ2v) is 12.5. The highest BCUT2D eigenvalue weighted by Crippen LogP contribution is 2.33. The molecule has 0 aromatic heterocycles. The maximum Gasteiger partial charge on any atom is 0.429 e. The number of ether oxygens (including phenoxy) is 1. The third kappa shape index (κ3) is 9.30. The number of anilines is 1. The van der Waals surface area contributed by atoms with Crippen LogP contribution in [0.15, 0.2) is 78.9 Å². The predicted octanol–water partition coefficient (Wildman–Crippen LogP) is 6.06. The number of rotatable bonds is 14. The van der Waals surface area contributed by atoms with Crippen LogP contribution in [0.1, 0.15) is 55.5 Å². The predicted molar refractivity (Wildman–Crippen MR) is 190 cm³/mol. The molecule has 0 saturated carbocycles.